The molecule has 0 aromatic carbocycles. The van der Waals surface area contributed by atoms with Gasteiger partial charge in [-0.05, 0) is 0 Å². The van der Waals surface area contributed by atoms with Gasteiger partial charge in [0.1, 0.15) is 0 Å². The average molecular weight is 424 g/mol. The van der Waals surface area contributed by atoms with Crippen LogP contribution in [0.25, 0.3) is 0 Å². The second-order valence-electron chi connectivity index (χ2n) is 0.577. The van der Waals surface area contributed by atoms with E-state index in [2.05, 4.69) is 0 Å². The zero-order chi connectivity index (χ0) is 3.41. The number of nitrogens with two attached hydrogens (primary N) is 2. The van der Waals surface area contributed by atoms with Crippen molar-refractivity contribution in [3.05, 3.63) is 0 Å². The molecule has 8 heteroatoms. The summed E-state index contributed by atoms with van der Waals surface area (Å²) in [6.07, 6.45) is 0. The molecule has 0 spiro atoms. The SMILES string of the molecule is NCCN.[Cl-].[Cl-].[Cl-].[Cl-].[Cl-].[Re]. The maximum absolute atomic E-state index is 4.90. The molecule has 0 heterocycles. The van der Waals surface area contributed by atoms with Crippen molar-refractivity contribution in [3.8, 4) is 0 Å². The molecule has 0 bridgehead atoms. The first-order valence-corrected chi connectivity index (χ1v) is 1.32. The first kappa shape index (κ1) is 57.8. The van der Waals surface area contributed by atoms with Gasteiger partial charge in [0.15, 0.2) is 0 Å². The standard InChI is InChI=1S/C2H8N2.5ClH.Re/c3-1-2-4;;;;;;/h1-4H2;5*1H;/p-5. The fraction of sp³-hybridized carbons (Fsp3) is 1.00. The van der Waals surface area contributed by atoms with Gasteiger partial charge in [0.2, 0.25) is 0 Å². The molecule has 10 heavy (non-hydrogen) atoms. The van der Waals surface area contributed by atoms with E-state index in [0.717, 1.165) is 0 Å². The van der Waals surface area contributed by atoms with Crippen molar-refractivity contribution >= 4 is 0 Å². The maximum Gasteiger partial charge on any atom is 0.00461 e. The summed E-state index contributed by atoms with van der Waals surface area (Å²) in [5.41, 5.74) is 9.81. The normalized spacial score (nSPS) is 3.00. The van der Waals surface area contributed by atoms with Gasteiger partial charge >= 0.3 is 0 Å². The third-order valence-electron chi connectivity index (χ3n) is 0.167. The van der Waals surface area contributed by atoms with Crippen molar-refractivity contribution in [3.63, 3.8) is 0 Å². The molecule has 0 fully saturated rings. The summed E-state index contributed by atoms with van der Waals surface area (Å²) in [6, 6.07) is 0. The van der Waals surface area contributed by atoms with Crippen LogP contribution in [0.2, 0.25) is 0 Å². The summed E-state index contributed by atoms with van der Waals surface area (Å²) < 4.78 is 0. The Kier molecular flexibility index (Phi) is 395. The van der Waals surface area contributed by atoms with Crippen LogP contribution in [-0.2, 0) is 20.4 Å². The quantitative estimate of drug-likeness (QED) is 0.440. The third kappa shape index (κ3) is 89.0. The van der Waals surface area contributed by atoms with Crippen LogP contribution < -0.4 is 73.5 Å². The van der Waals surface area contributed by atoms with E-state index in [1.165, 1.54) is 0 Å². The Morgan fingerprint density at radius 1 is 0.600 bits per heavy atom. The molecule has 4 N–H and O–H groups in total. The molecule has 0 aromatic heterocycles. The van der Waals surface area contributed by atoms with Crippen LogP contribution in [0.15, 0.2) is 0 Å². The van der Waals surface area contributed by atoms with Crippen LogP contribution in [0.3, 0.4) is 0 Å². The van der Waals surface area contributed by atoms with Crippen molar-refractivity contribution < 1.29 is 82.5 Å². The summed E-state index contributed by atoms with van der Waals surface area (Å²) in [5, 5.41) is 0. The van der Waals surface area contributed by atoms with Gasteiger partial charge in [-0.3, -0.25) is 0 Å². The molecule has 0 atom stereocenters. The fourth-order valence-electron chi connectivity index (χ4n) is 0. The van der Waals surface area contributed by atoms with Crippen LogP contribution in [0.1, 0.15) is 0 Å². The average Bonchev–Trinajstić information content (AvgIpc) is 1.37. The van der Waals surface area contributed by atoms with Crippen LogP contribution in [0.5, 0.6) is 0 Å². The summed E-state index contributed by atoms with van der Waals surface area (Å²) in [7, 11) is 0. The van der Waals surface area contributed by atoms with E-state index < -0.39 is 0 Å². The third-order valence-corrected chi connectivity index (χ3v) is 0.167. The molecule has 0 rings (SSSR count). The molecule has 0 aliphatic rings. The Labute approximate surface area is 106 Å². The molecule has 1 radical (unpaired) electrons. The molecule has 0 amide bonds. The van der Waals surface area contributed by atoms with Crippen LogP contribution in [0.4, 0.5) is 0 Å². The Bertz CT molecular complexity index is 19.6. The molecule has 0 saturated carbocycles. The van der Waals surface area contributed by atoms with Gasteiger partial charge in [-0.15, -0.1) is 0 Å². The minimum absolute atomic E-state index is 0. The topological polar surface area (TPSA) is 52.0 Å². The zero-order valence-corrected chi connectivity index (χ0v) is 11.3. The monoisotopic (exact) mass is 422 g/mol. The van der Waals surface area contributed by atoms with Crippen LogP contribution in [-0.4, -0.2) is 13.1 Å². The van der Waals surface area contributed by atoms with Gasteiger partial charge in [-0.25, -0.2) is 0 Å². The Morgan fingerprint density at radius 2 is 0.700 bits per heavy atom. The Morgan fingerprint density at radius 3 is 0.700 bits per heavy atom. The number of hydrogen-bond acceptors (Lipinski definition) is 2. The first-order chi connectivity index (χ1) is 1.91. The number of hydrogen-bond donors (Lipinski definition) is 2. The van der Waals surface area contributed by atoms with E-state index in [1.807, 2.05) is 0 Å². The van der Waals surface area contributed by atoms with Crippen molar-refractivity contribution in [1.82, 2.24) is 0 Å². The summed E-state index contributed by atoms with van der Waals surface area (Å²) in [5.74, 6) is 0. The van der Waals surface area contributed by atoms with Crippen LogP contribution >= 0.6 is 0 Å². The van der Waals surface area contributed by atoms with Gasteiger partial charge in [0.25, 0.3) is 0 Å². The second-order valence-corrected chi connectivity index (χ2v) is 0.577. The molecular weight excluding hydrogens is 416 g/mol. The molecule has 2 nitrogen and oxygen atoms in total. The van der Waals surface area contributed by atoms with Gasteiger partial charge in [0.05, 0.1) is 0 Å². The smallest absolute Gasteiger partial charge is 0.00461 e. The second kappa shape index (κ2) is 68.3. The fourth-order valence-corrected chi connectivity index (χ4v) is 0. The minimum Gasteiger partial charge on any atom is -1.00 e. The summed E-state index contributed by atoms with van der Waals surface area (Å²) in [6.45, 7) is 1.19. The summed E-state index contributed by atoms with van der Waals surface area (Å²) >= 11 is 0. The van der Waals surface area contributed by atoms with E-state index >= 15 is 0 Å². The predicted molar refractivity (Wildman–Crippen MR) is 18.1 cm³/mol. The predicted octanol–water partition coefficient (Wildman–Crippen LogP) is -16.1. The van der Waals surface area contributed by atoms with Crippen LogP contribution in [0, 0.1) is 0 Å². The Balaban J connectivity index is -0.00000000300. The molecule has 0 unspecified atom stereocenters. The first-order valence-electron chi connectivity index (χ1n) is 1.32. The maximum atomic E-state index is 4.90. The Hall–Kier alpha value is 2.03. The van der Waals surface area contributed by atoms with Gasteiger partial charge < -0.3 is 73.5 Å². The number of rotatable bonds is 1. The number of halogens is 5. The van der Waals surface area contributed by atoms with Crippen molar-refractivity contribution in [1.29, 1.82) is 0 Å². The van der Waals surface area contributed by atoms with E-state index in [-0.39, 0.29) is 82.5 Å². The van der Waals surface area contributed by atoms with E-state index in [9.17, 15) is 0 Å². The van der Waals surface area contributed by atoms with Gasteiger partial charge in [-0.1, -0.05) is 0 Å². The van der Waals surface area contributed by atoms with E-state index in [1.54, 1.807) is 0 Å². The van der Waals surface area contributed by atoms with Gasteiger partial charge in [0, 0.05) is 33.5 Å². The molecule has 0 saturated heterocycles. The summed E-state index contributed by atoms with van der Waals surface area (Å²) in [4.78, 5) is 0. The molecule has 73 valence electrons. The molecular formula is C2H8Cl5N2Re-5. The zero-order valence-electron chi connectivity index (χ0n) is 4.84. The van der Waals surface area contributed by atoms with Crippen molar-refractivity contribution in [2.45, 2.75) is 0 Å². The van der Waals surface area contributed by atoms with E-state index in [4.69, 9.17) is 11.5 Å². The van der Waals surface area contributed by atoms with Crippen molar-refractivity contribution in [2.75, 3.05) is 13.1 Å². The largest absolute Gasteiger partial charge is 1.00 e. The molecule has 0 aliphatic heterocycles. The minimum atomic E-state index is 0. The molecule has 0 aliphatic carbocycles. The van der Waals surface area contributed by atoms with Gasteiger partial charge in [-0.2, -0.15) is 0 Å². The van der Waals surface area contributed by atoms with E-state index in [0.29, 0.717) is 13.1 Å². The molecule has 0 aromatic rings. The van der Waals surface area contributed by atoms with Crippen molar-refractivity contribution in [2.24, 2.45) is 11.5 Å².